The van der Waals surface area contributed by atoms with Crippen LogP contribution in [-0.2, 0) is 0 Å². The monoisotopic (exact) mass is 201 g/mol. The zero-order chi connectivity index (χ0) is 10.5. The van der Waals surface area contributed by atoms with Crippen LogP contribution in [0.2, 0.25) is 0 Å². The van der Waals surface area contributed by atoms with E-state index in [0.717, 1.165) is 0 Å². The summed E-state index contributed by atoms with van der Waals surface area (Å²) >= 11 is 0. The van der Waals surface area contributed by atoms with Crippen molar-refractivity contribution in [1.82, 2.24) is 15.2 Å². The van der Waals surface area contributed by atoms with Gasteiger partial charge in [0.05, 0.1) is 0 Å². The van der Waals surface area contributed by atoms with Gasteiger partial charge < -0.3 is 9.40 Å². The number of benzene rings is 1. The molecule has 0 radical (unpaired) electrons. The van der Waals surface area contributed by atoms with Crippen LogP contribution in [0.4, 0.5) is 0 Å². The van der Waals surface area contributed by atoms with Crippen LogP contribution < -0.4 is 0 Å². The number of nitrogens with zero attached hydrogens (tertiary/aromatic N) is 2. The number of rotatable bonds is 0. The second-order valence-corrected chi connectivity index (χ2v) is 3.02. The lowest BCUT2D eigenvalue weighted by Gasteiger charge is -1.83. The molecule has 4 nitrogen and oxygen atoms in total. The van der Waals surface area contributed by atoms with E-state index in [2.05, 4.69) is 37.8 Å². The second kappa shape index (κ2) is 4.41. The standard InChI is InChI=1S/C8H7N.C3H4N2O/c1-2-4-8-7(3-1)5-6-9-8;1-3-5-4-2-6-3/h1-6,9H;2H,1H3. The summed E-state index contributed by atoms with van der Waals surface area (Å²) in [4.78, 5) is 3.12. The SMILES string of the molecule is Cc1nnco1.c1ccc2[nH]ccc2c1. The average molecular weight is 201 g/mol. The van der Waals surface area contributed by atoms with Crippen molar-refractivity contribution >= 4 is 10.9 Å². The lowest BCUT2D eigenvalue weighted by Crippen LogP contribution is -1.65. The van der Waals surface area contributed by atoms with Gasteiger partial charge in [-0.2, -0.15) is 0 Å². The molecule has 3 aromatic rings. The van der Waals surface area contributed by atoms with Crippen LogP contribution in [0, 0.1) is 6.92 Å². The molecule has 0 saturated heterocycles. The van der Waals surface area contributed by atoms with Crippen LogP contribution in [0.25, 0.3) is 10.9 Å². The Morgan fingerprint density at radius 1 is 1.20 bits per heavy atom. The molecule has 0 atom stereocenters. The molecule has 15 heavy (non-hydrogen) atoms. The van der Waals surface area contributed by atoms with Crippen molar-refractivity contribution in [3.63, 3.8) is 0 Å². The molecule has 2 heterocycles. The van der Waals surface area contributed by atoms with Crippen LogP contribution in [0.3, 0.4) is 0 Å². The molecule has 0 aliphatic rings. The van der Waals surface area contributed by atoms with Gasteiger partial charge in [-0.1, -0.05) is 18.2 Å². The van der Waals surface area contributed by atoms with Gasteiger partial charge in [-0.05, 0) is 17.5 Å². The van der Waals surface area contributed by atoms with Gasteiger partial charge in [-0.25, -0.2) is 0 Å². The van der Waals surface area contributed by atoms with Crippen molar-refractivity contribution in [3.8, 4) is 0 Å². The Bertz CT molecular complexity index is 483. The summed E-state index contributed by atoms with van der Waals surface area (Å²) in [5, 5.41) is 8.18. The van der Waals surface area contributed by atoms with Gasteiger partial charge in [0.25, 0.3) is 0 Å². The third-order valence-electron chi connectivity index (χ3n) is 1.93. The fourth-order valence-electron chi connectivity index (χ4n) is 1.22. The highest BCUT2D eigenvalue weighted by Gasteiger charge is 1.86. The molecule has 1 N–H and O–H groups in total. The molecule has 0 spiro atoms. The lowest BCUT2D eigenvalue weighted by molar-refractivity contribution is 0.518. The summed E-state index contributed by atoms with van der Waals surface area (Å²) in [5.41, 5.74) is 1.21. The van der Waals surface area contributed by atoms with Gasteiger partial charge in [-0.3, -0.25) is 0 Å². The third-order valence-corrected chi connectivity index (χ3v) is 1.93. The number of nitrogens with one attached hydrogen (secondary N) is 1. The minimum atomic E-state index is 0.606. The number of hydrogen-bond acceptors (Lipinski definition) is 3. The molecule has 0 saturated carbocycles. The molecule has 0 amide bonds. The lowest BCUT2D eigenvalue weighted by atomic mass is 10.3. The molecule has 2 aromatic heterocycles. The molecule has 0 aliphatic heterocycles. The Morgan fingerprint density at radius 2 is 2.07 bits per heavy atom. The molecule has 76 valence electrons. The minimum absolute atomic E-state index is 0.606. The number of aryl methyl sites for hydroxylation is 1. The van der Waals surface area contributed by atoms with Gasteiger partial charge in [-0.15, -0.1) is 10.2 Å². The Hall–Kier alpha value is -2.10. The summed E-state index contributed by atoms with van der Waals surface area (Å²) in [6.45, 7) is 1.74. The predicted octanol–water partition coefficient (Wildman–Crippen LogP) is 2.55. The number of hydrogen-bond donors (Lipinski definition) is 1. The number of aromatic nitrogens is 3. The van der Waals surface area contributed by atoms with E-state index < -0.39 is 0 Å². The normalized spacial score (nSPS) is 9.67. The maximum atomic E-state index is 4.61. The first kappa shape index (κ1) is 9.45. The molecule has 0 fully saturated rings. The van der Waals surface area contributed by atoms with Gasteiger partial charge in [0.1, 0.15) is 0 Å². The van der Waals surface area contributed by atoms with Crippen molar-refractivity contribution in [1.29, 1.82) is 0 Å². The summed E-state index contributed by atoms with van der Waals surface area (Å²) in [7, 11) is 0. The summed E-state index contributed by atoms with van der Waals surface area (Å²) < 4.78 is 4.61. The van der Waals surface area contributed by atoms with Gasteiger partial charge in [0, 0.05) is 18.6 Å². The Kier molecular flexibility index (Phi) is 2.78. The zero-order valence-corrected chi connectivity index (χ0v) is 8.34. The maximum absolute atomic E-state index is 4.61. The van der Waals surface area contributed by atoms with Crippen LogP contribution in [0.5, 0.6) is 0 Å². The topological polar surface area (TPSA) is 54.7 Å². The summed E-state index contributed by atoms with van der Waals surface area (Å²) in [5.74, 6) is 0.606. The van der Waals surface area contributed by atoms with E-state index in [0.29, 0.717) is 5.89 Å². The molecule has 1 aromatic carbocycles. The molecule has 0 bridgehead atoms. The molecular formula is C11H11N3O. The summed E-state index contributed by atoms with van der Waals surface area (Å²) in [6.07, 6.45) is 3.25. The highest BCUT2D eigenvalue weighted by atomic mass is 16.4. The van der Waals surface area contributed by atoms with Crippen molar-refractivity contribution < 1.29 is 4.42 Å². The number of aromatic amines is 1. The molecular weight excluding hydrogens is 190 g/mol. The van der Waals surface area contributed by atoms with Crippen LogP contribution in [-0.4, -0.2) is 15.2 Å². The van der Waals surface area contributed by atoms with Crippen LogP contribution in [0.15, 0.2) is 47.3 Å². The molecule has 0 aliphatic carbocycles. The predicted molar refractivity (Wildman–Crippen MR) is 57.3 cm³/mol. The van der Waals surface area contributed by atoms with Crippen molar-refractivity contribution in [2.75, 3.05) is 0 Å². The Morgan fingerprint density at radius 3 is 2.67 bits per heavy atom. The summed E-state index contributed by atoms with van der Waals surface area (Å²) in [6, 6.07) is 10.3. The quantitative estimate of drug-likeness (QED) is 0.608. The van der Waals surface area contributed by atoms with E-state index in [4.69, 9.17) is 0 Å². The van der Waals surface area contributed by atoms with Gasteiger partial charge in [0.15, 0.2) is 0 Å². The fourth-order valence-corrected chi connectivity index (χ4v) is 1.22. The fraction of sp³-hybridized carbons (Fsp3) is 0.0909. The molecule has 3 rings (SSSR count). The highest BCUT2D eigenvalue weighted by molar-refractivity contribution is 5.78. The maximum Gasteiger partial charge on any atom is 0.213 e. The van der Waals surface area contributed by atoms with E-state index in [1.165, 1.54) is 17.3 Å². The van der Waals surface area contributed by atoms with Crippen molar-refractivity contribution in [2.24, 2.45) is 0 Å². The van der Waals surface area contributed by atoms with Crippen LogP contribution in [0.1, 0.15) is 5.89 Å². The van der Waals surface area contributed by atoms with E-state index in [9.17, 15) is 0 Å². The van der Waals surface area contributed by atoms with E-state index in [-0.39, 0.29) is 0 Å². The number of para-hydroxylation sites is 1. The third kappa shape index (κ3) is 2.43. The second-order valence-electron chi connectivity index (χ2n) is 3.02. The largest absolute Gasteiger partial charge is 0.428 e. The average Bonchev–Trinajstić information content (AvgIpc) is 2.88. The smallest absolute Gasteiger partial charge is 0.213 e. The van der Waals surface area contributed by atoms with E-state index in [1.807, 2.05) is 18.3 Å². The van der Waals surface area contributed by atoms with E-state index >= 15 is 0 Å². The Balaban J connectivity index is 0.000000124. The molecule has 0 unspecified atom stereocenters. The highest BCUT2D eigenvalue weighted by Crippen LogP contribution is 2.09. The Labute approximate surface area is 87.0 Å². The minimum Gasteiger partial charge on any atom is -0.428 e. The van der Waals surface area contributed by atoms with Crippen LogP contribution >= 0.6 is 0 Å². The first-order valence-corrected chi connectivity index (χ1v) is 4.61. The van der Waals surface area contributed by atoms with E-state index in [1.54, 1.807) is 6.92 Å². The first-order valence-electron chi connectivity index (χ1n) is 4.61. The zero-order valence-electron chi connectivity index (χ0n) is 8.34. The first-order chi connectivity index (χ1) is 7.36. The number of fused-ring (bicyclic) bond motifs is 1. The number of H-pyrrole nitrogens is 1. The van der Waals surface area contributed by atoms with Crippen molar-refractivity contribution in [3.05, 3.63) is 48.8 Å². The van der Waals surface area contributed by atoms with Gasteiger partial charge in [0.2, 0.25) is 12.3 Å². The molecule has 4 heteroatoms. The van der Waals surface area contributed by atoms with Gasteiger partial charge >= 0.3 is 0 Å². The van der Waals surface area contributed by atoms with Crippen molar-refractivity contribution in [2.45, 2.75) is 6.92 Å².